The third kappa shape index (κ3) is 4.04. The van der Waals surface area contributed by atoms with Gasteiger partial charge in [-0.3, -0.25) is 0 Å². The molecule has 1 aromatic rings. The van der Waals surface area contributed by atoms with Crippen LogP contribution in [0.1, 0.15) is 31.9 Å². The van der Waals surface area contributed by atoms with Crippen molar-refractivity contribution in [2.45, 2.75) is 46.4 Å². The van der Waals surface area contributed by atoms with Crippen LogP contribution in [0.25, 0.3) is 0 Å². The van der Waals surface area contributed by atoms with E-state index in [0.717, 1.165) is 11.1 Å². The number of hydrogen-bond acceptors (Lipinski definition) is 3. The lowest BCUT2D eigenvalue weighted by molar-refractivity contribution is -0.144. The second-order valence-electron chi connectivity index (χ2n) is 4.70. The van der Waals surface area contributed by atoms with Gasteiger partial charge in [-0.15, -0.1) is 0 Å². The summed E-state index contributed by atoms with van der Waals surface area (Å²) >= 11 is 0. The zero-order valence-electron chi connectivity index (χ0n) is 11.4. The van der Waals surface area contributed by atoms with Crippen LogP contribution in [0.15, 0.2) is 18.2 Å². The number of hydrogen-bond donors (Lipinski definition) is 2. The summed E-state index contributed by atoms with van der Waals surface area (Å²) < 4.78 is 5.53. The zero-order chi connectivity index (χ0) is 13.7. The maximum absolute atomic E-state index is 10.9. The van der Waals surface area contributed by atoms with Gasteiger partial charge >= 0.3 is 5.97 Å². The Kier molecular flexibility index (Phi) is 5.16. The van der Waals surface area contributed by atoms with Crippen LogP contribution in [0.5, 0.6) is 5.75 Å². The van der Waals surface area contributed by atoms with Crippen molar-refractivity contribution in [1.29, 1.82) is 0 Å². The number of nitrogens with one attached hydrogen (secondary N) is 1. The van der Waals surface area contributed by atoms with E-state index < -0.39 is 12.1 Å². The Hall–Kier alpha value is -1.55. The second kappa shape index (κ2) is 6.40. The summed E-state index contributed by atoms with van der Waals surface area (Å²) in [6.07, 6.45) is -0.844. The number of carbonyl (C=O) groups is 1. The lowest BCUT2D eigenvalue weighted by Crippen LogP contribution is -2.26. The molecule has 0 spiro atoms. The van der Waals surface area contributed by atoms with Gasteiger partial charge in [0, 0.05) is 18.2 Å². The second-order valence-corrected chi connectivity index (χ2v) is 4.70. The maximum Gasteiger partial charge on any atom is 0.344 e. The Morgan fingerprint density at radius 2 is 2.06 bits per heavy atom. The minimum atomic E-state index is -0.957. The lowest BCUT2D eigenvalue weighted by Gasteiger charge is -2.18. The molecule has 0 heterocycles. The highest BCUT2D eigenvalue weighted by Gasteiger charge is 2.16. The van der Waals surface area contributed by atoms with E-state index >= 15 is 0 Å². The molecule has 0 saturated carbocycles. The van der Waals surface area contributed by atoms with Gasteiger partial charge in [0.1, 0.15) is 5.75 Å². The standard InChI is InChI=1S/C14H21NO3/c1-9(2)15-8-12-7-5-6-10(3)13(12)18-11(4)14(16)17/h5-7,9,11,15H,8H2,1-4H3,(H,16,17). The van der Waals surface area contributed by atoms with Crippen molar-refractivity contribution in [3.8, 4) is 5.75 Å². The number of ether oxygens (including phenoxy) is 1. The summed E-state index contributed by atoms with van der Waals surface area (Å²) in [4.78, 5) is 10.9. The summed E-state index contributed by atoms with van der Waals surface area (Å²) in [5.74, 6) is -0.290. The fourth-order valence-corrected chi connectivity index (χ4v) is 1.56. The Bertz CT molecular complexity index is 416. The molecule has 0 aliphatic heterocycles. The van der Waals surface area contributed by atoms with Gasteiger partial charge in [-0.05, 0) is 19.4 Å². The molecule has 1 atom stereocenters. The summed E-state index contributed by atoms with van der Waals surface area (Å²) in [5, 5.41) is 12.2. The summed E-state index contributed by atoms with van der Waals surface area (Å²) in [6, 6.07) is 6.19. The molecule has 0 fully saturated rings. The predicted molar refractivity (Wildman–Crippen MR) is 70.9 cm³/mol. The van der Waals surface area contributed by atoms with Crippen LogP contribution < -0.4 is 10.1 Å². The number of benzene rings is 1. The van der Waals surface area contributed by atoms with Gasteiger partial charge in [-0.25, -0.2) is 4.79 Å². The minimum absolute atomic E-state index is 0.371. The van der Waals surface area contributed by atoms with E-state index in [1.165, 1.54) is 6.92 Å². The molecule has 18 heavy (non-hydrogen) atoms. The smallest absolute Gasteiger partial charge is 0.344 e. The maximum atomic E-state index is 10.9. The number of aryl methyl sites for hydroxylation is 1. The molecule has 4 nitrogen and oxygen atoms in total. The van der Waals surface area contributed by atoms with E-state index in [1.807, 2.05) is 25.1 Å². The Labute approximate surface area is 108 Å². The number of carboxylic acids is 1. The summed E-state index contributed by atoms with van der Waals surface area (Å²) in [6.45, 7) is 8.25. The molecule has 0 radical (unpaired) electrons. The largest absolute Gasteiger partial charge is 0.479 e. The molecule has 0 aromatic heterocycles. The van der Waals surface area contributed by atoms with Gasteiger partial charge in [-0.1, -0.05) is 32.0 Å². The lowest BCUT2D eigenvalue weighted by atomic mass is 10.1. The first kappa shape index (κ1) is 14.5. The molecule has 2 N–H and O–H groups in total. The molecule has 0 amide bonds. The quantitative estimate of drug-likeness (QED) is 0.814. The first-order valence-corrected chi connectivity index (χ1v) is 6.13. The van der Waals surface area contributed by atoms with Gasteiger partial charge in [-0.2, -0.15) is 0 Å². The van der Waals surface area contributed by atoms with Crippen molar-refractivity contribution in [3.05, 3.63) is 29.3 Å². The Balaban J connectivity index is 2.89. The van der Waals surface area contributed by atoms with E-state index in [0.29, 0.717) is 18.3 Å². The third-order valence-corrected chi connectivity index (χ3v) is 2.64. The summed E-state index contributed by atoms with van der Waals surface area (Å²) in [5.41, 5.74) is 1.93. The van der Waals surface area contributed by atoms with Crippen LogP contribution in [-0.4, -0.2) is 23.2 Å². The molecule has 0 aliphatic carbocycles. The fourth-order valence-electron chi connectivity index (χ4n) is 1.56. The van der Waals surface area contributed by atoms with Crippen molar-refractivity contribution in [3.63, 3.8) is 0 Å². The SMILES string of the molecule is Cc1cccc(CNC(C)C)c1OC(C)C(=O)O. The fraction of sp³-hybridized carbons (Fsp3) is 0.500. The summed E-state index contributed by atoms with van der Waals surface area (Å²) in [7, 11) is 0. The Morgan fingerprint density at radius 1 is 1.39 bits per heavy atom. The monoisotopic (exact) mass is 251 g/mol. The van der Waals surface area contributed by atoms with Crippen LogP contribution in [-0.2, 0) is 11.3 Å². The Morgan fingerprint density at radius 3 is 2.61 bits per heavy atom. The first-order valence-electron chi connectivity index (χ1n) is 6.13. The van der Waals surface area contributed by atoms with E-state index in [2.05, 4.69) is 19.2 Å². The van der Waals surface area contributed by atoms with Crippen molar-refractivity contribution < 1.29 is 14.6 Å². The number of carboxylic acid groups (broad SMARTS) is 1. The highest BCUT2D eigenvalue weighted by atomic mass is 16.5. The molecule has 100 valence electrons. The topological polar surface area (TPSA) is 58.6 Å². The number of rotatable bonds is 6. The van der Waals surface area contributed by atoms with Crippen molar-refractivity contribution in [2.75, 3.05) is 0 Å². The van der Waals surface area contributed by atoms with Gasteiger partial charge in [0.25, 0.3) is 0 Å². The normalized spacial score (nSPS) is 12.5. The number of para-hydroxylation sites is 1. The highest BCUT2D eigenvalue weighted by molar-refractivity contribution is 5.72. The van der Waals surface area contributed by atoms with Crippen LogP contribution in [0.3, 0.4) is 0 Å². The van der Waals surface area contributed by atoms with Crippen molar-refractivity contribution in [1.82, 2.24) is 5.32 Å². The van der Waals surface area contributed by atoms with E-state index in [1.54, 1.807) is 0 Å². The molecular formula is C14H21NO3. The van der Waals surface area contributed by atoms with Gasteiger partial charge in [0.15, 0.2) is 6.10 Å². The molecule has 1 aromatic carbocycles. The van der Waals surface area contributed by atoms with Gasteiger partial charge in [0.05, 0.1) is 0 Å². The molecule has 0 aliphatic rings. The third-order valence-electron chi connectivity index (χ3n) is 2.64. The van der Waals surface area contributed by atoms with E-state index in [9.17, 15) is 4.79 Å². The van der Waals surface area contributed by atoms with Crippen molar-refractivity contribution in [2.24, 2.45) is 0 Å². The number of aliphatic carboxylic acids is 1. The molecule has 0 saturated heterocycles. The van der Waals surface area contributed by atoms with Crippen LogP contribution in [0.2, 0.25) is 0 Å². The average molecular weight is 251 g/mol. The van der Waals surface area contributed by atoms with Crippen molar-refractivity contribution >= 4 is 5.97 Å². The minimum Gasteiger partial charge on any atom is -0.479 e. The predicted octanol–water partition coefficient (Wildman–Crippen LogP) is 2.34. The van der Waals surface area contributed by atoms with Crippen LogP contribution >= 0.6 is 0 Å². The van der Waals surface area contributed by atoms with E-state index in [4.69, 9.17) is 9.84 Å². The molecular weight excluding hydrogens is 230 g/mol. The average Bonchev–Trinajstić information content (AvgIpc) is 2.29. The van der Waals surface area contributed by atoms with Crippen LogP contribution in [0, 0.1) is 6.92 Å². The molecule has 1 unspecified atom stereocenters. The first-order chi connectivity index (χ1) is 8.41. The molecule has 0 bridgehead atoms. The zero-order valence-corrected chi connectivity index (χ0v) is 11.4. The molecule has 4 heteroatoms. The molecule has 1 rings (SSSR count). The van der Waals surface area contributed by atoms with Gasteiger partial charge in [0.2, 0.25) is 0 Å². The van der Waals surface area contributed by atoms with E-state index in [-0.39, 0.29) is 0 Å². The highest BCUT2D eigenvalue weighted by Crippen LogP contribution is 2.24. The van der Waals surface area contributed by atoms with Crippen LogP contribution in [0.4, 0.5) is 0 Å². The van der Waals surface area contributed by atoms with Gasteiger partial charge < -0.3 is 15.2 Å².